The van der Waals surface area contributed by atoms with Crippen LogP contribution in [0.2, 0.25) is 0 Å². The van der Waals surface area contributed by atoms with Crippen LogP contribution in [0.25, 0.3) is 0 Å². The van der Waals surface area contributed by atoms with Gasteiger partial charge in [-0.25, -0.2) is 0 Å². The molecule has 1 aromatic heterocycles. The number of amides is 1. The number of rotatable bonds is 2. The molecule has 0 bridgehead atoms. The van der Waals surface area contributed by atoms with E-state index in [9.17, 15) is 4.79 Å². The van der Waals surface area contributed by atoms with E-state index >= 15 is 0 Å². The number of piperidine rings is 1. The third kappa shape index (κ3) is 4.09. The third-order valence-electron chi connectivity index (χ3n) is 3.04. The van der Waals surface area contributed by atoms with Gasteiger partial charge in [-0.15, -0.1) is 6.54 Å². The van der Waals surface area contributed by atoms with Crippen molar-refractivity contribution in [3.8, 4) is 0 Å². The van der Waals surface area contributed by atoms with Gasteiger partial charge in [0.2, 0.25) is 5.91 Å². The molecule has 4 heteroatoms. The van der Waals surface area contributed by atoms with Crippen LogP contribution in [0, 0.1) is 6.42 Å². The standard InChI is InChI=1S/C13H17N2O.Na/c1-11-5-2-3-8-15(11)13(16)9-12-6-4-7-14-10-12;/h3-4,6-7,10-11H,2,5,8-9H2,1H3;/q-1;+1/t11-;/m0./s1. The smallest absolute Gasteiger partial charge is 0.370 e. The van der Waals surface area contributed by atoms with Crippen LogP contribution in [-0.2, 0) is 11.2 Å². The number of aromatic nitrogens is 1. The molecule has 0 spiro atoms. The van der Waals surface area contributed by atoms with Crippen molar-refractivity contribution in [1.29, 1.82) is 0 Å². The molecule has 0 aromatic carbocycles. The molecule has 0 saturated carbocycles. The van der Waals surface area contributed by atoms with E-state index in [-0.39, 0.29) is 35.5 Å². The minimum Gasteiger partial charge on any atom is -0.370 e. The summed E-state index contributed by atoms with van der Waals surface area (Å²) in [5.74, 6) is 0.205. The van der Waals surface area contributed by atoms with Crippen molar-refractivity contribution >= 4 is 5.91 Å². The first-order valence-electron chi connectivity index (χ1n) is 5.77. The summed E-state index contributed by atoms with van der Waals surface area (Å²) in [6.45, 7) is 2.91. The minimum absolute atomic E-state index is 0. The van der Waals surface area contributed by atoms with Crippen LogP contribution < -0.4 is 29.6 Å². The summed E-state index contributed by atoms with van der Waals surface area (Å²) in [4.78, 5) is 18.0. The van der Waals surface area contributed by atoms with Crippen LogP contribution in [0.5, 0.6) is 0 Å². The second-order valence-corrected chi connectivity index (χ2v) is 4.30. The van der Waals surface area contributed by atoms with Gasteiger partial charge in [0.05, 0.1) is 6.42 Å². The van der Waals surface area contributed by atoms with Crippen LogP contribution in [0.1, 0.15) is 25.3 Å². The monoisotopic (exact) mass is 240 g/mol. The van der Waals surface area contributed by atoms with Gasteiger partial charge in [0.25, 0.3) is 0 Å². The van der Waals surface area contributed by atoms with Gasteiger partial charge >= 0.3 is 29.6 Å². The molecule has 1 aliphatic heterocycles. The third-order valence-corrected chi connectivity index (χ3v) is 3.04. The zero-order valence-corrected chi connectivity index (χ0v) is 12.6. The van der Waals surface area contributed by atoms with E-state index in [1.165, 1.54) is 0 Å². The maximum Gasteiger partial charge on any atom is 1.00 e. The summed E-state index contributed by atoms with van der Waals surface area (Å²) in [6, 6.07) is 4.19. The summed E-state index contributed by atoms with van der Waals surface area (Å²) in [7, 11) is 0. The molecule has 1 fully saturated rings. The van der Waals surface area contributed by atoms with Crippen LogP contribution in [0.3, 0.4) is 0 Å². The molecule has 1 aliphatic rings. The topological polar surface area (TPSA) is 33.2 Å². The average molecular weight is 240 g/mol. The van der Waals surface area contributed by atoms with Crippen LogP contribution in [0.4, 0.5) is 0 Å². The number of nitrogens with zero attached hydrogens (tertiary/aromatic N) is 2. The summed E-state index contributed by atoms with van der Waals surface area (Å²) in [6.07, 6.45) is 8.34. The average Bonchev–Trinajstić information content (AvgIpc) is 2.31. The van der Waals surface area contributed by atoms with Gasteiger partial charge in [-0.05, 0) is 18.6 Å². The molecular formula is C13H17N2NaO. The van der Waals surface area contributed by atoms with Crippen molar-refractivity contribution in [2.24, 2.45) is 0 Å². The summed E-state index contributed by atoms with van der Waals surface area (Å²) in [5.41, 5.74) is 0.991. The molecule has 0 aliphatic carbocycles. The molecule has 2 heterocycles. The molecule has 1 atom stereocenters. The molecule has 1 saturated heterocycles. The predicted octanol–water partition coefficient (Wildman–Crippen LogP) is -1.16. The molecule has 86 valence electrons. The molecule has 0 unspecified atom stereocenters. The Morgan fingerprint density at radius 1 is 1.65 bits per heavy atom. The summed E-state index contributed by atoms with van der Waals surface area (Å²) < 4.78 is 0. The van der Waals surface area contributed by atoms with Gasteiger partial charge in [-0.1, -0.05) is 12.5 Å². The second-order valence-electron chi connectivity index (χ2n) is 4.30. The van der Waals surface area contributed by atoms with Gasteiger partial charge in [-0.3, -0.25) is 9.78 Å². The van der Waals surface area contributed by atoms with E-state index in [0.29, 0.717) is 12.5 Å². The Morgan fingerprint density at radius 2 is 2.47 bits per heavy atom. The Balaban J connectivity index is 0.00000144. The largest absolute Gasteiger partial charge is 1.00 e. The van der Waals surface area contributed by atoms with Crippen molar-refractivity contribution < 1.29 is 34.4 Å². The Hall–Kier alpha value is -0.380. The number of hydrogen-bond donors (Lipinski definition) is 0. The number of carbonyl (C=O) groups is 1. The maximum absolute atomic E-state index is 12.1. The van der Waals surface area contributed by atoms with Crippen molar-refractivity contribution in [3.05, 3.63) is 36.5 Å². The van der Waals surface area contributed by atoms with Crippen molar-refractivity contribution in [2.75, 3.05) is 6.54 Å². The molecule has 17 heavy (non-hydrogen) atoms. The van der Waals surface area contributed by atoms with Crippen LogP contribution in [0.15, 0.2) is 24.5 Å². The zero-order valence-electron chi connectivity index (χ0n) is 10.6. The van der Waals surface area contributed by atoms with E-state index in [2.05, 4.69) is 18.3 Å². The van der Waals surface area contributed by atoms with E-state index in [4.69, 9.17) is 0 Å². The Morgan fingerprint density at radius 3 is 3.12 bits per heavy atom. The fourth-order valence-electron chi connectivity index (χ4n) is 2.05. The Bertz CT molecular complexity index is 356. The molecule has 0 N–H and O–H groups in total. The van der Waals surface area contributed by atoms with Crippen molar-refractivity contribution in [1.82, 2.24) is 9.88 Å². The SMILES string of the molecule is C[C@H]1CC[CH-]CN1C(=O)Cc1cccnc1.[Na+]. The maximum atomic E-state index is 12.1. The fraction of sp³-hybridized carbons (Fsp3) is 0.462. The molecule has 0 radical (unpaired) electrons. The zero-order chi connectivity index (χ0) is 11.4. The van der Waals surface area contributed by atoms with Crippen molar-refractivity contribution in [3.63, 3.8) is 0 Å². The quantitative estimate of drug-likeness (QED) is 0.483. The predicted molar refractivity (Wildman–Crippen MR) is 62.7 cm³/mol. The van der Waals surface area contributed by atoms with E-state index in [1.54, 1.807) is 12.4 Å². The van der Waals surface area contributed by atoms with E-state index < -0.39 is 0 Å². The van der Waals surface area contributed by atoms with Crippen LogP contribution in [-0.4, -0.2) is 28.4 Å². The number of hydrogen-bond acceptors (Lipinski definition) is 2. The molecule has 1 aromatic rings. The first-order chi connectivity index (χ1) is 7.77. The summed E-state index contributed by atoms with van der Waals surface area (Å²) >= 11 is 0. The molecular weight excluding hydrogens is 223 g/mol. The van der Waals surface area contributed by atoms with Gasteiger partial charge in [0.1, 0.15) is 0 Å². The molecule has 1 amide bonds. The Kier molecular flexibility index (Phi) is 6.17. The fourth-order valence-corrected chi connectivity index (χ4v) is 2.05. The number of pyridine rings is 1. The molecule has 3 nitrogen and oxygen atoms in total. The minimum atomic E-state index is 0. The molecule has 2 rings (SSSR count). The first-order valence-corrected chi connectivity index (χ1v) is 5.77. The van der Waals surface area contributed by atoms with Gasteiger partial charge in [0, 0.05) is 18.4 Å². The second kappa shape index (κ2) is 7.14. The number of likely N-dealkylation sites (tertiary alicyclic amines) is 1. The van der Waals surface area contributed by atoms with Gasteiger partial charge in [-0.2, -0.15) is 6.42 Å². The summed E-state index contributed by atoms with van der Waals surface area (Å²) in [5, 5.41) is 0. The van der Waals surface area contributed by atoms with E-state index in [0.717, 1.165) is 24.9 Å². The van der Waals surface area contributed by atoms with Crippen LogP contribution >= 0.6 is 0 Å². The van der Waals surface area contributed by atoms with E-state index in [1.807, 2.05) is 17.0 Å². The van der Waals surface area contributed by atoms with Gasteiger partial charge in [0.15, 0.2) is 0 Å². The normalized spacial score (nSPS) is 19.6. The van der Waals surface area contributed by atoms with Crippen molar-refractivity contribution in [2.45, 2.75) is 32.2 Å². The number of carbonyl (C=O) groups excluding carboxylic acids is 1. The first kappa shape index (κ1) is 14.7. The van der Waals surface area contributed by atoms with Gasteiger partial charge < -0.3 is 11.3 Å². The Labute approximate surface area is 125 Å².